The normalized spacial score (nSPS) is 19.2. The zero-order chi connectivity index (χ0) is 29.9. The first-order valence-corrected chi connectivity index (χ1v) is 13.9. The van der Waals surface area contributed by atoms with Gasteiger partial charge in [0.1, 0.15) is 17.8 Å². The van der Waals surface area contributed by atoms with Crippen LogP contribution in [0.5, 0.6) is 0 Å². The topological polar surface area (TPSA) is 89.5 Å². The number of halogens is 3. The monoisotopic (exact) mass is 572 g/mol. The summed E-state index contributed by atoms with van der Waals surface area (Å²) in [5.41, 5.74) is 5.78. The molecular formula is C30H39F3N6O2. The molecule has 0 bridgehead atoms. The Labute approximate surface area is 239 Å². The van der Waals surface area contributed by atoms with Crippen LogP contribution in [0.15, 0.2) is 48.5 Å². The Balaban J connectivity index is 1.87. The average Bonchev–Trinajstić information content (AvgIpc) is 3.30. The van der Waals surface area contributed by atoms with Gasteiger partial charge in [-0.15, -0.1) is 0 Å². The van der Waals surface area contributed by atoms with Crippen LogP contribution in [0, 0.1) is 17.0 Å². The van der Waals surface area contributed by atoms with Crippen molar-refractivity contribution >= 4 is 6.03 Å². The molecule has 4 rings (SSSR count). The molecule has 1 saturated heterocycles. The van der Waals surface area contributed by atoms with Crippen molar-refractivity contribution in [1.29, 1.82) is 0 Å². The van der Waals surface area contributed by atoms with Crippen LogP contribution in [-0.4, -0.2) is 75.2 Å². The molecule has 0 spiro atoms. The minimum Gasteiger partial charge on any atom is -0.372 e. The number of nitrogens with zero attached hydrogens (tertiary/aromatic N) is 5. The van der Waals surface area contributed by atoms with Crippen molar-refractivity contribution in [2.24, 2.45) is 11.1 Å². The molecule has 0 radical (unpaired) electrons. The lowest BCUT2D eigenvalue weighted by Gasteiger charge is -2.44. The number of carbonyl (C=O) groups is 1. The number of urea groups is 1. The Kier molecular flexibility index (Phi) is 9.38. The van der Waals surface area contributed by atoms with Gasteiger partial charge in [-0.1, -0.05) is 51.1 Å². The number of benzene rings is 2. The minimum absolute atomic E-state index is 0.0289. The Morgan fingerprint density at radius 2 is 1.78 bits per heavy atom. The van der Waals surface area contributed by atoms with Crippen LogP contribution in [0.4, 0.5) is 18.0 Å². The minimum atomic E-state index is -1.50. The number of hydrogen-bond donors (Lipinski definition) is 1. The second-order valence-corrected chi connectivity index (χ2v) is 11.8. The largest absolute Gasteiger partial charge is 0.372 e. The Morgan fingerprint density at radius 1 is 1.12 bits per heavy atom. The molecular weight excluding hydrogens is 533 g/mol. The van der Waals surface area contributed by atoms with E-state index in [1.54, 1.807) is 9.58 Å². The van der Waals surface area contributed by atoms with E-state index >= 15 is 4.39 Å². The highest BCUT2D eigenvalue weighted by Crippen LogP contribution is 2.39. The van der Waals surface area contributed by atoms with Gasteiger partial charge in [0, 0.05) is 19.6 Å². The summed E-state index contributed by atoms with van der Waals surface area (Å²) in [5.74, 6) is -1.02. The highest BCUT2D eigenvalue weighted by atomic mass is 19.1. The standard InChI is InChI=1S/C30H39F3N6O2/c1-19-15-37(16-20(2)41-19)29(40)38(18-23(32)14-34)26(30(3,4)5)28-35-27(24-13-22(31)11-12-25(24)33)36-39(28)17-21-9-7-6-8-10-21/h6-13,19-20,23,26H,14-18,34H2,1-5H3/t19-,20+,23-,26+/m1/s1. The number of rotatable bonds is 8. The third-order valence-electron chi connectivity index (χ3n) is 7.01. The van der Waals surface area contributed by atoms with Crippen LogP contribution in [0.3, 0.4) is 0 Å². The van der Waals surface area contributed by atoms with E-state index in [1.165, 1.54) is 4.90 Å². The van der Waals surface area contributed by atoms with Gasteiger partial charge in [-0.2, -0.15) is 5.10 Å². The second-order valence-electron chi connectivity index (χ2n) is 11.8. The van der Waals surface area contributed by atoms with Crippen LogP contribution in [0.25, 0.3) is 11.4 Å². The molecule has 3 aromatic rings. The summed E-state index contributed by atoms with van der Waals surface area (Å²) in [6.07, 6.45) is -1.89. The summed E-state index contributed by atoms with van der Waals surface area (Å²) in [6, 6.07) is 11.4. The number of nitrogens with two attached hydrogens (primary N) is 1. The van der Waals surface area contributed by atoms with E-state index in [0.29, 0.717) is 18.9 Å². The molecule has 2 heterocycles. The van der Waals surface area contributed by atoms with E-state index in [-0.39, 0.29) is 49.3 Å². The smallest absolute Gasteiger partial charge is 0.320 e. The van der Waals surface area contributed by atoms with Gasteiger partial charge < -0.3 is 20.3 Å². The molecule has 1 aliphatic rings. The molecule has 1 fully saturated rings. The van der Waals surface area contributed by atoms with E-state index in [1.807, 2.05) is 65.0 Å². The average molecular weight is 573 g/mol. The summed E-state index contributed by atoms with van der Waals surface area (Å²) in [4.78, 5) is 22.0. The quantitative estimate of drug-likeness (QED) is 0.402. The number of amides is 2. The summed E-state index contributed by atoms with van der Waals surface area (Å²) in [6.45, 7) is 9.90. The van der Waals surface area contributed by atoms with Crippen LogP contribution >= 0.6 is 0 Å². The molecule has 222 valence electrons. The lowest BCUT2D eigenvalue weighted by Crippen LogP contribution is -2.56. The van der Waals surface area contributed by atoms with Gasteiger partial charge in [0.25, 0.3) is 0 Å². The van der Waals surface area contributed by atoms with E-state index in [0.717, 1.165) is 23.8 Å². The van der Waals surface area contributed by atoms with Crippen LogP contribution < -0.4 is 5.73 Å². The van der Waals surface area contributed by atoms with E-state index in [2.05, 4.69) is 5.10 Å². The second kappa shape index (κ2) is 12.6. The number of carbonyl (C=O) groups excluding carboxylic acids is 1. The third kappa shape index (κ3) is 7.26. The van der Waals surface area contributed by atoms with Crippen molar-refractivity contribution in [2.75, 3.05) is 26.2 Å². The van der Waals surface area contributed by atoms with Crippen molar-refractivity contribution < 1.29 is 22.7 Å². The molecule has 0 unspecified atom stereocenters. The van der Waals surface area contributed by atoms with E-state index in [4.69, 9.17) is 15.5 Å². The van der Waals surface area contributed by atoms with Gasteiger partial charge in [-0.05, 0) is 43.0 Å². The Morgan fingerprint density at radius 3 is 2.39 bits per heavy atom. The third-order valence-corrected chi connectivity index (χ3v) is 7.01. The number of aromatic nitrogens is 3. The van der Waals surface area contributed by atoms with Gasteiger partial charge >= 0.3 is 6.03 Å². The van der Waals surface area contributed by atoms with Crippen molar-refractivity contribution in [2.45, 2.75) is 65.6 Å². The molecule has 2 amide bonds. The lowest BCUT2D eigenvalue weighted by molar-refractivity contribution is -0.0620. The fourth-order valence-electron chi connectivity index (χ4n) is 5.30. The zero-order valence-electron chi connectivity index (χ0n) is 24.2. The maximum Gasteiger partial charge on any atom is 0.320 e. The SMILES string of the molecule is C[C@@H]1CN(C(=O)N(C[C@H](F)CN)[C@@H](c2nc(-c3cc(F)ccc3F)nn2Cc2ccccc2)C(C)(C)C)C[C@H](C)O1. The number of alkyl halides is 1. The number of morpholine rings is 1. The molecule has 0 aliphatic carbocycles. The molecule has 41 heavy (non-hydrogen) atoms. The molecule has 4 atom stereocenters. The Bertz CT molecular complexity index is 1320. The van der Waals surface area contributed by atoms with Crippen molar-refractivity contribution in [3.63, 3.8) is 0 Å². The van der Waals surface area contributed by atoms with Gasteiger partial charge in [0.2, 0.25) is 0 Å². The maximum absolute atomic E-state index is 15.0. The molecule has 1 aromatic heterocycles. The first kappa shape index (κ1) is 30.5. The van der Waals surface area contributed by atoms with Gasteiger partial charge in [-0.25, -0.2) is 27.6 Å². The fourth-order valence-corrected chi connectivity index (χ4v) is 5.30. The summed E-state index contributed by atoms with van der Waals surface area (Å²) in [5, 5.41) is 4.60. The highest BCUT2D eigenvalue weighted by molar-refractivity contribution is 5.75. The van der Waals surface area contributed by atoms with Crippen molar-refractivity contribution in [1.82, 2.24) is 24.6 Å². The van der Waals surface area contributed by atoms with E-state index < -0.39 is 29.3 Å². The molecule has 2 N–H and O–H groups in total. The molecule has 11 heteroatoms. The maximum atomic E-state index is 15.0. The van der Waals surface area contributed by atoms with Crippen LogP contribution in [-0.2, 0) is 11.3 Å². The predicted octanol–water partition coefficient (Wildman–Crippen LogP) is 5.19. The van der Waals surface area contributed by atoms with Crippen LogP contribution in [0.2, 0.25) is 0 Å². The number of ether oxygens (including phenoxy) is 1. The van der Waals surface area contributed by atoms with Gasteiger partial charge in [0.05, 0.1) is 36.9 Å². The van der Waals surface area contributed by atoms with E-state index in [9.17, 15) is 13.6 Å². The first-order chi connectivity index (χ1) is 19.4. The lowest BCUT2D eigenvalue weighted by atomic mass is 9.84. The predicted molar refractivity (Wildman–Crippen MR) is 151 cm³/mol. The fraction of sp³-hybridized carbons (Fsp3) is 0.500. The van der Waals surface area contributed by atoms with Crippen molar-refractivity contribution in [3.05, 3.63) is 71.6 Å². The van der Waals surface area contributed by atoms with Gasteiger partial charge in [-0.3, -0.25) is 0 Å². The zero-order valence-corrected chi connectivity index (χ0v) is 24.2. The summed E-state index contributed by atoms with van der Waals surface area (Å²) >= 11 is 0. The van der Waals surface area contributed by atoms with Gasteiger partial charge in [0.15, 0.2) is 11.6 Å². The highest BCUT2D eigenvalue weighted by Gasteiger charge is 2.42. The number of hydrogen-bond acceptors (Lipinski definition) is 5. The van der Waals surface area contributed by atoms with Crippen LogP contribution in [0.1, 0.15) is 52.0 Å². The molecule has 2 aromatic carbocycles. The molecule has 1 aliphatic heterocycles. The Hall–Kier alpha value is -3.44. The van der Waals surface area contributed by atoms with Crippen molar-refractivity contribution in [3.8, 4) is 11.4 Å². The summed E-state index contributed by atoms with van der Waals surface area (Å²) in [7, 11) is 0. The molecule has 0 saturated carbocycles. The molecule has 8 nitrogen and oxygen atoms in total. The first-order valence-electron chi connectivity index (χ1n) is 13.9. The summed E-state index contributed by atoms with van der Waals surface area (Å²) < 4.78 is 51.5.